The zero-order valence-corrected chi connectivity index (χ0v) is 12.5. The fraction of sp³-hybridized carbons (Fsp3) is 0.643. The average Bonchev–Trinajstić information content (AvgIpc) is 2.35. The molecule has 0 saturated heterocycles. The molecule has 1 aromatic heterocycles. The molecule has 106 valence electrons. The Balaban J connectivity index is 3.06. The number of aromatic nitrogens is 2. The molecule has 0 aliphatic heterocycles. The van der Waals surface area contributed by atoms with Gasteiger partial charge in [0.1, 0.15) is 5.82 Å². The minimum atomic E-state index is -0.113. The van der Waals surface area contributed by atoms with Crippen molar-refractivity contribution in [3.05, 3.63) is 17.7 Å². The highest BCUT2D eigenvalue weighted by Gasteiger charge is 2.20. The molecule has 1 heterocycles. The van der Waals surface area contributed by atoms with E-state index in [0.29, 0.717) is 36.2 Å². The highest BCUT2D eigenvalue weighted by atomic mass is 16.2. The molecule has 1 aromatic rings. The van der Waals surface area contributed by atoms with Gasteiger partial charge in [0.15, 0.2) is 5.69 Å². The maximum atomic E-state index is 12.5. The van der Waals surface area contributed by atoms with Gasteiger partial charge in [-0.1, -0.05) is 27.7 Å². The van der Waals surface area contributed by atoms with Crippen molar-refractivity contribution in [2.24, 2.45) is 5.92 Å². The van der Waals surface area contributed by atoms with Crippen LogP contribution in [0.5, 0.6) is 0 Å². The Morgan fingerprint density at radius 1 is 1.37 bits per heavy atom. The molecule has 0 aliphatic rings. The van der Waals surface area contributed by atoms with Gasteiger partial charge >= 0.3 is 0 Å². The second-order valence-corrected chi connectivity index (χ2v) is 5.42. The Bertz CT molecular complexity index is 443. The van der Waals surface area contributed by atoms with Crippen LogP contribution in [0.2, 0.25) is 0 Å². The van der Waals surface area contributed by atoms with E-state index in [-0.39, 0.29) is 11.8 Å². The van der Waals surface area contributed by atoms with Gasteiger partial charge in [0.05, 0.1) is 11.9 Å². The highest BCUT2D eigenvalue weighted by Crippen LogP contribution is 2.16. The fourth-order valence-electron chi connectivity index (χ4n) is 1.80. The first-order valence-electron chi connectivity index (χ1n) is 6.78. The van der Waals surface area contributed by atoms with E-state index in [2.05, 4.69) is 23.8 Å². The molecule has 1 rings (SSSR count). The van der Waals surface area contributed by atoms with Crippen molar-refractivity contribution in [3.63, 3.8) is 0 Å². The molecular weight excluding hydrogens is 240 g/mol. The number of rotatable bonds is 5. The minimum absolute atomic E-state index is 0.113. The van der Waals surface area contributed by atoms with Crippen LogP contribution in [0.1, 0.15) is 56.8 Å². The summed E-state index contributed by atoms with van der Waals surface area (Å²) in [6.45, 7) is 11.5. The average molecular weight is 264 g/mol. The van der Waals surface area contributed by atoms with E-state index < -0.39 is 0 Å². The number of nitrogens with zero attached hydrogens (tertiary/aromatic N) is 3. The number of nitrogen functional groups attached to an aromatic ring is 1. The van der Waals surface area contributed by atoms with E-state index in [1.807, 2.05) is 20.8 Å². The summed E-state index contributed by atoms with van der Waals surface area (Å²) in [7, 11) is 0. The van der Waals surface area contributed by atoms with Crippen LogP contribution in [0.15, 0.2) is 6.20 Å². The van der Waals surface area contributed by atoms with Crippen molar-refractivity contribution in [1.29, 1.82) is 0 Å². The third-order valence-electron chi connectivity index (χ3n) is 2.81. The molecule has 1 amide bonds. The second kappa shape index (κ2) is 6.50. The van der Waals surface area contributed by atoms with Crippen molar-refractivity contribution in [2.45, 2.75) is 40.5 Å². The lowest BCUT2D eigenvalue weighted by molar-refractivity contribution is 0.0740. The van der Waals surface area contributed by atoms with E-state index in [4.69, 9.17) is 5.73 Å². The number of carbonyl (C=O) groups excluding carboxylic acids is 1. The molecule has 0 aromatic carbocycles. The predicted molar refractivity (Wildman–Crippen MR) is 76.9 cm³/mol. The first-order valence-corrected chi connectivity index (χ1v) is 6.78. The van der Waals surface area contributed by atoms with Crippen molar-refractivity contribution in [3.8, 4) is 0 Å². The Labute approximate surface area is 115 Å². The van der Waals surface area contributed by atoms with Crippen LogP contribution in [0.4, 0.5) is 5.69 Å². The smallest absolute Gasteiger partial charge is 0.274 e. The summed E-state index contributed by atoms with van der Waals surface area (Å²) in [5.74, 6) is 1.13. The van der Waals surface area contributed by atoms with E-state index in [9.17, 15) is 4.79 Å². The normalized spacial score (nSPS) is 11.1. The highest BCUT2D eigenvalue weighted by molar-refractivity contribution is 5.96. The van der Waals surface area contributed by atoms with Gasteiger partial charge in [-0.05, 0) is 12.8 Å². The number of amides is 1. The van der Waals surface area contributed by atoms with Gasteiger partial charge in [0, 0.05) is 19.0 Å². The number of hydrogen-bond acceptors (Lipinski definition) is 4. The number of nitrogens with two attached hydrogens (primary N) is 1. The van der Waals surface area contributed by atoms with Gasteiger partial charge in [-0.25, -0.2) is 9.97 Å². The molecule has 0 bridgehead atoms. The van der Waals surface area contributed by atoms with Gasteiger partial charge in [-0.3, -0.25) is 4.79 Å². The Morgan fingerprint density at radius 3 is 2.47 bits per heavy atom. The van der Waals surface area contributed by atoms with Crippen molar-refractivity contribution >= 4 is 11.6 Å². The molecule has 0 fully saturated rings. The van der Waals surface area contributed by atoms with Gasteiger partial charge in [0.2, 0.25) is 0 Å². The zero-order valence-electron chi connectivity index (χ0n) is 12.5. The molecule has 0 unspecified atom stereocenters. The van der Waals surface area contributed by atoms with Crippen LogP contribution in [0, 0.1) is 5.92 Å². The molecule has 0 atom stereocenters. The largest absolute Gasteiger partial charge is 0.396 e. The minimum Gasteiger partial charge on any atom is -0.396 e. The van der Waals surface area contributed by atoms with Crippen LogP contribution >= 0.6 is 0 Å². The van der Waals surface area contributed by atoms with Crippen LogP contribution in [-0.4, -0.2) is 33.9 Å². The van der Waals surface area contributed by atoms with E-state index in [1.165, 1.54) is 6.20 Å². The third kappa shape index (κ3) is 3.91. The molecule has 0 spiro atoms. The second-order valence-electron chi connectivity index (χ2n) is 5.42. The van der Waals surface area contributed by atoms with Crippen molar-refractivity contribution in [1.82, 2.24) is 14.9 Å². The first-order chi connectivity index (χ1) is 8.86. The Kier molecular flexibility index (Phi) is 5.27. The number of anilines is 1. The van der Waals surface area contributed by atoms with Gasteiger partial charge in [-0.15, -0.1) is 0 Å². The van der Waals surface area contributed by atoms with Crippen LogP contribution in [0.25, 0.3) is 0 Å². The third-order valence-corrected chi connectivity index (χ3v) is 2.81. The fourth-order valence-corrected chi connectivity index (χ4v) is 1.80. The van der Waals surface area contributed by atoms with Gasteiger partial charge in [-0.2, -0.15) is 0 Å². The number of hydrogen-bond donors (Lipinski definition) is 1. The summed E-state index contributed by atoms with van der Waals surface area (Å²) < 4.78 is 0. The zero-order chi connectivity index (χ0) is 14.6. The molecule has 5 heteroatoms. The first kappa shape index (κ1) is 15.4. The maximum Gasteiger partial charge on any atom is 0.274 e. The standard InChI is InChI=1S/C14H24N4O/c1-6-18(8-9(2)3)14(19)12-11(15)7-16-13(17-12)10(4)5/h7,9-10H,6,8,15H2,1-5H3. The summed E-state index contributed by atoms with van der Waals surface area (Å²) in [4.78, 5) is 22.7. The van der Waals surface area contributed by atoms with E-state index in [0.717, 1.165) is 0 Å². The predicted octanol–water partition coefficient (Wildman–Crippen LogP) is 2.30. The molecule has 2 N–H and O–H groups in total. The summed E-state index contributed by atoms with van der Waals surface area (Å²) >= 11 is 0. The maximum absolute atomic E-state index is 12.5. The van der Waals surface area contributed by atoms with E-state index >= 15 is 0 Å². The molecule has 0 radical (unpaired) electrons. The van der Waals surface area contributed by atoms with Crippen LogP contribution in [0.3, 0.4) is 0 Å². The van der Waals surface area contributed by atoms with Gasteiger partial charge < -0.3 is 10.6 Å². The van der Waals surface area contributed by atoms with Crippen molar-refractivity contribution < 1.29 is 4.79 Å². The number of carbonyl (C=O) groups is 1. The van der Waals surface area contributed by atoms with Gasteiger partial charge in [0.25, 0.3) is 5.91 Å². The summed E-state index contributed by atoms with van der Waals surface area (Å²) in [5.41, 5.74) is 6.51. The Morgan fingerprint density at radius 2 is 2.00 bits per heavy atom. The summed E-state index contributed by atoms with van der Waals surface area (Å²) in [5, 5.41) is 0. The lowest BCUT2D eigenvalue weighted by atomic mass is 10.1. The van der Waals surface area contributed by atoms with Crippen molar-refractivity contribution in [2.75, 3.05) is 18.8 Å². The topological polar surface area (TPSA) is 72.1 Å². The molecular formula is C14H24N4O. The summed E-state index contributed by atoms with van der Waals surface area (Å²) in [6.07, 6.45) is 1.53. The molecule has 5 nitrogen and oxygen atoms in total. The SMILES string of the molecule is CCN(CC(C)C)C(=O)c1nc(C(C)C)ncc1N. The lowest BCUT2D eigenvalue weighted by Crippen LogP contribution is -2.35. The molecule has 19 heavy (non-hydrogen) atoms. The van der Waals surface area contributed by atoms with Crippen LogP contribution < -0.4 is 5.73 Å². The molecule has 0 aliphatic carbocycles. The summed E-state index contributed by atoms with van der Waals surface area (Å²) in [6, 6.07) is 0. The quantitative estimate of drug-likeness (QED) is 0.885. The molecule has 0 saturated carbocycles. The van der Waals surface area contributed by atoms with E-state index in [1.54, 1.807) is 4.90 Å². The monoisotopic (exact) mass is 264 g/mol. The lowest BCUT2D eigenvalue weighted by Gasteiger charge is -2.23. The Hall–Kier alpha value is -1.65. The van der Waals surface area contributed by atoms with Crippen LogP contribution in [-0.2, 0) is 0 Å².